The van der Waals surface area contributed by atoms with Gasteiger partial charge in [-0.25, -0.2) is 0 Å². The molecule has 4 aromatic rings. The second-order valence-electron chi connectivity index (χ2n) is 7.91. The highest BCUT2D eigenvalue weighted by molar-refractivity contribution is 6.31. The molecule has 0 unspecified atom stereocenters. The molecule has 4 rings (SSSR count). The van der Waals surface area contributed by atoms with E-state index in [1.54, 1.807) is 24.2 Å². The standard InChI is InChI=1S/C25H25Cl2N5O/c1-17(33)32(25-8-10-29-24-16-19(27)4-6-21(24)25)14-13-31(2)12-11-30-22-7-9-28-23-15-18(26)3-5-20(22)23/h3-10,15-16H,11-14H2,1-2H3,(H,28,30). The lowest BCUT2D eigenvalue weighted by Gasteiger charge is -2.26. The minimum absolute atomic E-state index is 0.00843. The molecule has 33 heavy (non-hydrogen) atoms. The Morgan fingerprint density at radius 1 is 0.879 bits per heavy atom. The van der Waals surface area contributed by atoms with Crippen molar-refractivity contribution in [3.8, 4) is 0 Å². The van der Waals surface area contributed by atoms with Crippen LogP contribution in [0.1, 0.15) is 6.92 Å². The zero-order valence-electron chi connectivity index (χ0n) is 18.6. The second-order valence-corrected chi connectivity index (χ2v) is 8.79. The number of hydrogen-bond acceptors (Lipinski definition) is 5. The average Bonchev–Trinajstić information content (AvgIpc) is 2.78. The number of nitrogens with one attached hydrogen (secondary N) is 1. The van der Waals surface area contributed by atoms with Crippen LogP contribution in [0.4, 0.5) is 11.4 Å². The first-order valence-corrected chi connectivity index (χ1v) is 11.5. The van der Waals surface area contributed by atoms with Crippen molar-refractivity contribution in [3.63, 3.8) is 0 Å². The van der Waals surface area contributed by atoms with E-state index >= 15 is 0 Å². The van der Waals surface area contributed by atoms with Crippen LogP contribution in [0.3, 0.4) is 0 Å². The summed E-state index contributed by atoms with van der Waals surface area (Å²) in [6, 6.07) is 15.1. The van der Waals surface area contributed by atoms with Crippen LogP contribution < -0.4 is 10.2 Å². The summed E-state index contributed by atoms with van der Waals surface area (Å²) < 4.78 is 0. The van der Waals surface area contributed by atoms with Crippen LogP contribution in [-0.2, 0) is 4.79 Å². The molecule has 1 N–H and O–H groups in total. The molecule has 0 atom stereocenters. The van der Waals surface area contributed by atoms with E-state index in [4.69, 9.17) is 23.2 Å². The summed E-state index contributed by atoms with van der Waals surface area (Å²) in [6.45, 7) is 4.46. The van der Waals surface area contributed by atoms with Gasteiger partial charge in [0.2, 0.25) is 5.91 Å². The first kappa shape index (κ1) is 23.2. The maximum atomic E-state index is 12.4. The molecule has 0 fully saturated rings. The summed E-state index contributed by atoms with van der Waals surface area (Å²) >= 11 is 12.2. The van der Waals surface area contributed by atoms with Crippen molar-refractivity contribution in [2.75, 3.05) is 43.4 Å². The highest BCUT2D eigenvalue weighted by atomic mass is 35.5. The Morgan fingerprint density at radius 3 is 2.21 bits per heavy atom. The normalized spacial score (nSPS) is 11.3. The molecule has 2 aromatic carbocycles. The van der Waals surface area contributed by atoms with Gasteiger partial charge in [-0.05, 0) is 55.6 Å². The van der Waals surface area contributed by atoms with E-state index in [-0.39, 0.29) is 5.91 Å². The second kappa shape index (κ2) is 10.3. The lowest BCUT2D eigenvalue weighted by molar-refractivity contribution is -0.116. The Kier molecular flexibility index (Phi) is 7.28. The number of halogens is 2. The monoisotopic (exact) mass is 481 g/mol. The van der Waals surface area contributed by atoms with E-state index in [1.165, 1.54) is 0 Å². The van der Waals surface area contributed by atoms with Gasteiger partial charge in [-0.3, -0.25) is 14.8 Å². The molecule has 0 saturated heterocycles. The van der Waals surface area contributed by atoms with Gasteiger partial charge in [0.1, 0.15) is 0 Å². The minimum Gasteiger partial charge on any atom is -0.383 e. The van der Waals surface area contributed by atoms with Gasteiger partial charge in [0.25, 0.3) is 0 Å². The highest BCUT2D eigenvalue weighted by Crippen LogP contribution is 2.28. The number of aromatic nitrogens is 2. The van der Waals surface area contributed by atoms with Gasteiger partial charge in [0.05, 0.1) is 16.7 Å². The largest absolute Gasteiger partial charge is 0.383 e. The molecule has 2 heterocycles. The number of amides is 1. The average molecular weight is 482 g/mol. The number of anilines is 2. The van der Waals surface area contributed by atoms with E-state index in [0.717, 1.165) is 52.8 Å². The van der Waals surface area contributed by atoms with Gasteiger partial charge in [0.15, 0.2) is 0 Å². The van der Waals surface area contributed by atoms with Crippen LogP contribution in [0.2, 0.25) is 10.0 Å². The molecule has 2 aromatic heterocycles. The van der Waals surface area contributed by atoms with Crippen molar-refractivity contribution in [2.45, 2.75) is 6.92 Å². The number of rotatable bonds is 8. The SMILES string of the molecule is CC(=O)N(CCN(C)CCNc1ccnc2cc(Cl)ccc12)c1ccnc2cc(Cl)ccc12. The fraction of sp³-hybridized carbons (Fsp3) is 0.240. The van der Waals surface area contributed by atoms with Gasteiger partial charge in [-0.2, -0.15) is 0 Å². The summed E-state index contributed by atoms with van der Waals surface area (Å²) in [4.78, 5) is 25.2. The van der Waals surface area contributed by atoms with Crippen molar-refractivity contribution < 1.29 is 4.79 Å². The molecule has 0 bridgehead atoms. The molecule has 0 aliphatic heterocycles. The fourth-order valence-electron chi connectivity index (χ4n) is 3.83. The highest BCUT2D eigenvalue weighted by Gasteiger charge is 2.16. The Balaban J connectivity index is 1.38. The van der Waals surface area contributed by atoms with Gasteiger partial charge < -0.3 is 15.1 Å². The lowest BCUT2D eigenvalue weighted by atomic mass is 10.1. The fourth-order valence-corrected chi connectivity index (χ4v) is 4.16. The third-order valence-electron chi connectivity index (χ3n) is 5.57. The number of carbonyl (C=O) groups excluding carboxylic acids is 1. The number of pyridine rings is 2. The number of benzene rings is 2. The minimum atomic E-state index is -0.00843. The Labute approximate surface area is 203 Å². The zero-order valence-corrected chi connectivity index (χ0v) is 20.1. The van der Waals surface area contributed by atoms with Gasteiger partial charge in [-0.15, -0.1) is 0 Å². The summed E-state index contributed by atoms with van der Waals surface area (Å²) in [5.74, 6) is -0.00843. The number of carbonyl (C=O) groups is 1. The third kappa shape index (κ3) is 5.53. The van der Waals surface area contributed by atoms with Crippen molar-refractivity contribution in [1.29, 1.82) is 0 Å². The summed E-state index contributed by atoms with van der Waals surface area (Å²) in [7, 11) is 2.05. The van der Waals surface area contributed by atoms with Crippen molar-refractivity contribution in [2.24, 2.45) is 0 Å². The first-order valence-electron chi connectivity index (χ1n) is 10.7. The van der Waals surface area contributed by atoms with Crippen LogP contribution in [-0.4, -0.2) is 54.0 Å². The van der Waals surface area contributed by atoms with Crippen LogP contribution >= 0.6 is 23.2 Å². The van der Waals surface area contributed by atoms with Crippen LogP contribution in [0, 0.1) is 0 Å². The summed E-state index contributed by atoms with van der Waals surface area (Å²) in [5.41, 5.74) is 3.51. The topological polar surface area (TPSA) is 61.4 Å². The molecule has 8 heteroatoms. The molecule has 0 radical (unpaired) electrons. The quantitative estimate of drug-likeness (QED) is 0.360. The third-order valence-corrected chi connectivity index (χ3v) is 6.04. The maximum absolute atomic E-state index is 12.4. The van der Waals surface area contributed by atoms with Crippen molar-refractivity contribution in [3.05, 3.63) is 71.0 Å². The first-order chi connectivity index (χ1) is 15.9. The van der Waals surface area contributed by atoms with Gasteiger partial charge >= 0.3 is 0 Å². The predicted molar refractivity (Wildman–Crippen MR) is 138 cm³/mol. The van der Waals surface area contributed by atoms with E-state index in [2.05, 4.69) is 27.2 Å². The predicted octanol–water partition coefficient (Wildman–Crippen LogP) is 5.49. The molecule has 170 valence electrons. The number of hydrogen-bond donors (Lipinski definition) is 1. The molecule has 0 aliphatic rings. The molecule has 0 saturated carbocycles. The summed E-state index contributed by atoms with van der Waals surface area (Å²) in [5, 5.41) is 6.73. The van der Waals surface area contributed by atoms with E-state index in [0.29, 0.717) is 16.6 Å². The lowest BCUT2D eigenvalue weighted by Crippen LogP contribution is -2.37. The van der Waals surface area contributed by atoms with Crippen molar-refractivity contribution in [1.82, 2.24) is 14.9 Å². The number of nitrogens with zero attached hydrogens (tertiary/aromatic N) is 4. The Morgan fingerprint density at radius 2 is 1.52 bits per heavy atom. The van der Waals surface area contributed by atoms with E-state index < -0.39 is 0 Å². The molecule has 0 aliphatic carbocycles. The number of fused-ring (bicyclic) bond motifs is 2. The zero-order chi connectivity index (χ0) is 23.4. The van der Waals surface area contributed by atoms with Crippen molar-refractivity contribution >= 4 is 62.3 Å². The number of likely N-dealkylation sites (N-methyl/N-ethyl adjacent to an activating group) is 1. The van der Waals surface area contributed by atoms with Crippen LogP contribution in [0.25, 0.3) is 21.8 Å². The summed E-state index contributed by atoms with van der Waals surface area (Å²) in [6.07, 6.45) is 3.49. The van der Waals surface area contributed by atoms with E-state index in [1.807, 2.05) is 48.5 Å². The molecular formula is C25H25Cl2N5O. The smallest absolute Gasteiger partial charge is 0.223 e. The van der Waals surface area contributed by atoms with E-state index in [9.17, 15) is 4.79 Å². The molecule has 0 spiro atoms. The van der Waals surface area contributed by atoms with Crippen LogP contribution in [0.15, 0.2) is 60.9 Å². The van der Waals surface area contributed by atoms with Gasteiger partial charge in [-0.1, -0.05) is 23.2 Å². The molecular weight excluding hydrogens is 457 g/mol. The Hall–Kier alpha value is -2.93. The molecule has 1 amide bonds. The van der Waals surface area contributed by atoms with Gasteiger partial charge in [0, 0.05) is 72.0 Å². The Bertz CT molecular complexity index is 1300. The van der Waals surface area contributed by atoms with Crippen LogP contribution in [0.5, 0.6) is 0 Å². The molecule has 6 nitrogen and oxygen atoms in total. The maximum Gasteiger partial charge on any atom is 0.223 e.